The van der Waals surface area contributed by atoms with Crippen LogP contribution in [0.2, 0.25) is 0 Å². The summed E-state index contributed by atoms with van der Waals surface area (Å²) in [6.45, 7) is 4.18. The lowest BCUT2D eigenvalue weighted by molar-refractivity contribution is 0.458. The summed E-state index contributed by atoms with van der Waals surface area (Å²) in [7, 11) is 0. The van der Waals surface area contributed by atoms with Crippen molar-refractivity contribution in [3.05, 3.63) is 28.9 Å². The van der Waals surface area contributed by atoms with Gasteiger partial charge in [-0.15, -0.1) is 11.3 Å². The first-order valence-corrected chi connectivity index (χ1v) is 6.25. The van der Waals surface area contributed by atoms with E-state index in [9.17, 15) is 5.11 Å². The molecule has 2 rings (SSSR count). The van der Waals surface area contributed by atoms with Gasteiger partial charge in [0, 0.05) is 17.5 Å². The van der Waals surface area contributed by atoms with Crippen molar-refractivity contribution in [2.24, 2.45) is 0 Å². The number of pyridine rings is 1. The van der Waals surface area contributed by atoms with Crippen LogP contribution in [0.1, 0.15) is 25.1 Å². The molecule has 0 radical (unpaired) electrons. The van der Waals surface area contributed by atoms with E-state index in [1.807, 2.05) is 6.20 Å². The lowest BCUT2D eigenvalue weighted by Crippen LogP contribution is -1.94. The van der Waals surface area contributed by atoms with Gasteiger partial charge in [0.1, 0.15) is 5.01 Å². The maximum absolute atomic E-state index is 9.29. The lowest BCUT2D eigenvalue weighted by atomic mass is 10.1. The second kappa shape index (κ2) is 4.61. The molecular weight excluding hydrogens is 220 g/mol. The molecular formula is C12H14N2OS. The van der Waals surface area contributed by atoms with Crippen LogP contribution in [-0.4, -0.2) is 15.1 Å². The molecule has 0 aliphatic carbocycles. The Morgan fingerprint density at radius 3 is 2.69 bits per heavy atom. The Kier molecular flexibility index (Phi) is 3.19. The molecule has 0 bridgehead atoms. The van der Waals surface area contributed by atoms with Gasteiger partial charge in [-0.2, -0.15) is 0 Å². The summed E-state index contributed by atoms with van der Waals surface area (Å²) in [5.74, 6) is 0.0944. The van der Waals surface area contributed by atoms with Crippen LogP contribution in [0, 0.1) is 0 Å². The molecule has 3 nitrogen and oxygen atoms in total. The second-order valence-electron chi connectivity index (χ2n) is 3.55. The summed E-state index contributed by atoms with van der Waals surface area (Å²) in [6, 6.07) is 2.07. The molecule has 0 aromatic carbocycles. The number of aromatic hydroxyl groups is 1. The van der Waals surface area contributed by atoms with Crippen LogP contribution in [0.25, 0.3) is 10.6 Å². The van der Waals surface area contributed by atoms with Gasteiger partial charge in [0.2, 0.25) is 5.88 Å². The summed E-state index contributed by atoms with van der Waals surface area (Å²) in [4.78, 5) is 8.49. The molecule has 2 aromatic rings. The summed E-state index contributed by atoms with van der Waals surface area (Å²) in [5.41, 5.74) is 3.33. The monoisotopic (exact) mass is 234 g/mol. The standard InChI is InChI=1S/C12H14N2OS/c1-3-8-6-13-9(4-2)5-10(8)12-14-11(15)7-16-12/h5-7,15H,3-4H2,1-2H3. The van der Waals surface area contributed by atoms with Crippen LogP contribution < -0.4 is 0 Å². The average molecular weight is 234 g/mol. The SMILES string of the molecule is CCc1cc(-c2nc(O)cs2)c(CC)cn1. The molecule has 0 saturated heterocycles. The predicted molar refractivity (Wildman–Crippen MR) is 65.8 cm³/mol. The Hall–Kier alpha value is -1.42. The molecule has 0 fully saturated rings. The molecule has 1 N–H and O–H groups in total. The van der Waals surface area contributed by atoms with Crippen LogP contribution in [-0.2, 0) is 12.8 Å². The highest BCUT2D eigenvalue weighted by atomic mass is 32.1. The zero-order chi connectivity index (χ0) is 11.5. The van der Waals surface area contributed by atoms with Crippen molar-refractivity contribution in [3.8, 4) is 16.5 Å². The summed E-state index contributed by atoms with van der Waals surface area (Å²) in [6.07, 6.45) is 3.74. The van der Waals surface area contributed by atoms with Gasteiger partial charge in [-0.1, -0.05) is 13.8 Å². The number of rotatable bonds is 3. The van der Waals surface area contributed by atoms with Crippen LogP contribution in [0.5, 0.6) is 5.88 Å². The predicted octanol–water partition coefficient (Wildman–Crippen LogP) is 3.04. The highest BCUT2D eigenvalue weighted by molar-refractivity contribution is 7.13. The Morgan fingerprint density at radius 2 is 2.12 bits per heavy atom. The van der Waals surface area contributed by atoms with Gasteiger partial charge < -0.3 is 5.11 Å². The van der Waals surface area contributed by atoms with E-state index in [2.05, 4.69) is 29.9 Å². The number of hydrogen-bond acceptors (Lipinski definition) is 4. The van der Waals surface area contributed by atoms with Crippen molar-refractivity contribution in [3.63, 3.8) is 0 Å². The molecule has 84 valence electrons. The maximum Gasteiger partial charge on any atom is 0.222 e. The van der Waals surface area contributed by atoms with E-state index in [0.29, 0.717) is 0 Å². The molecule has 16 heavy (non-hydrogen) atoms. The van der Waals surface area contributed by atoms with Crippen molar-refractivity contribution in [2.45, 2.75) is 26.7 Å². The van der Waals surface area contributed by atoms with Gasteiger partial charge in [0.15, 0.2) is 0 Å². The Labute approximate surface area is 98.8 Å². The first-order chi connectivity index (χ1) is 7.74. The van der Waals surface area contributed by atoms with Crippen LogP contribution in [0.15, 0.2) is 17.6 Å². The third-order valence-electron chi connectivity index (χ3n) is 2.51. The van der Waals surface area contributed by atoms with Crippen LogP contribution in [0.3, 0.4) is 0 Å². The quantitative estimate of drug-likeness (QED) is 0.887. The summed E-state index contributed by atoms with van der Waals surface area (Å²) in [5, 5.41) is 11.8. The molecule has 0 unspecified atom stereocenters. The van der Waals surface area contributed by atoms with Crippen molar-refractivity contribution in [1.82, 2.24) is 9.97 Å². The van der Waals surface area contributed by atoms with Crippen molar-refractivity contribution in [2.75, 3.05) is 0 Å². The highest BCUT2D eigenvalue weighted by Gasteiger charge is 2.09. The first-order valence-electron chi connectivity index (χ1n) is 5.37. The molecule has 0 aliphatic heterocycles. The fraction of sp³-hybridized carbons (Fsp3) is 0.333. The highest BCUT2D eigenvalue weighted by Crippen LogP contribution is 2.29. The van der Waals surface area contributed by atoms with E-state index in [0.717, 1.165) is 29.1 Å². The third-order valence-corrected chi connectivity index (χ3v) is 3.37. The van der Waals surface area contributed by atoms with Crippen LogP contribution >= 0.6 is 11.3 Å². The van der Waals surface area contributed by atoms with Gasteiger partial charge >= 0.3 is 0 Å². The fourth-order valence-corrected chi connectivity index (χ4v) is 2.32. The molecule has 0 aliphatic rings. The Morgan fingerprint density at radius 1 is 1.31 bits per heavy atom. The van der Waals surface area contributed by atoms with Gasteiger partial charge in [-0.05, 0) is 24.5 Å². The Bertz CT molecular complexity index is 494. The van der Waals surface area contributed by atoms with E-state index in [4.69, 9.17) is 0 Å². The largest absolute Gasteiger partial charge is 0.493 e. The lowest BCUT2D eigenvalue weighted by Gasteiger charge is -2.06. The number of thiazole rings is 1. The number of hydrogen-bond donors (Lipinski definition) is 1. The Balaban J connectivity index is 2.52. The van der Waals surface area contributed by atoms with E-state index < -0.39 is 0 Å². The van der Waals surface area contributed by atoms with E-state index in [1.54, 1.807) is 5.38 Å². The van der Waals surface area contributed by atoms with E-state index >= 15 is 0 Å². The molecule has 0 atom stereocenters. The average Bonchev–Trinajstić information content (AvgIpc) is 2.75. The molecule has 0 spiro atoms. The topological polar surface area (TPSA) is 46.0 Å². The molecule has 0 saturated carbocycles. The smallest absolute Gasteiger partial charge is 0.222 e. The number of aryl methyl sites for hydroxylation is 2. The summed E-state index contributed by atoms with van der Waals surface area (Å²) >= 11 is 1.46. The van der Waals surface area contributed by atoms with Crippen molar-refractivity contribution < 1.29 is 5.11 Å². The van der Waals surface area contributed by atoms with Crippen LogP contribution in [0.4, 0.5) is 0 Å². The number of aromatic nitrogens is 2. The van der Waals surface area contributed by atoms with Gasteiger partial charge in [0.25, 0.3) is 0 Å². The minimum Gasteiger partial charge on any atom is -0.493 e. The van der Waals surface area contributed by atoms with Gasteiger partial charge in [-0.3, -0.25) is 4.98 Å². The van der Waals surface area contributed by atoms with Crippen molar-refractivity contribution in [1.29, 1.82) is 0 Å². The zero-order valence-corrected chi connectivity index (χ0v) is 10.2. The molecule has 2 heterocycles. The molecule has 4 heteroatoms. The van der Waals surface area contributed by atoms with E-state index in [-0.39, 0.29) is 5.88 Å². The molecule has 2 aromatic heterocycles. The summed E-state index contributed by atoms with van der Waals surface area (Å²) < 4.78 is 0. The zero-order valence-electron chi connectivity index (χ0n) is 9.40. The maximum atomic E-state index is 9.29. The first kappa shape index (κ1) is 11.1. The molecule has 0 amide bonds. The number of nitrogens with zero attached hydrogens (tertiary/aromatic N) is 2. The van der Waals surface area contributed by atoms with Gasteiger partial charge in [0.05, 0.1) is 5.38 Å². The van der Waals surface area contributed by atoms with Crippen molar-refractivity contribution >= 4 is 11.3 Å². The van der Waals surface area contributed by atoms with Gasteiger partial charge in [-0.25, -0.2) is 4.98 Å². The second-order valence-corrected chi connectivity index (χ2v) is 4.41. The normalized spacial score (nSPS) is 10.6. The minimum absolute atomic E-state index is 0.0944. The fourth-order valence-electron chi connectivity index (χ4n) is 1.59. The minimum atomic E-state index is 0.0944. The van der Waals surface area contributed by atoms with E-state index in [1.165, 1.54) is 16.9 Å². The third kappa shape index (κ3) is 2.07.